The van der Waals surface area contributed by atoms with Crippen molar-refractivity contribution in [1.29, 1.82) is 0 Å². The molecule has 1 aromatic carbocycles. The number of carbonyl (C=O) groups is 1. The lowest BCUT2D eigenvalue weighted by molar-refractivity contribution is -0.115. The van der Waals surface area contributed by atoms with E-state index in [-0.39, 0.29) is 5.91 Å². The van der Waals surface area contributed by atoms with E-state index in [1.54, 1.807) is 18.3 Å². The van der Waals surface area contributed by atoms with Crippen molar-refractivity contribution in [2.24, 2.45) is 0 Å². The van der Waals surface area contributed by atoms with Crippen molar-refractivity contribution in [2.75, 3.05) is 11.1 Å². The maximum Gasteiger partial charge on any atom is 0.228 e. The van der Waals surface area contributed by atoms with Gasteiger partial charge in [0.25, 0.3) is 0 Å². The van der Waals surface area contributed by atoms with E-state index in [9.17, 15) is 4.79 Å². The van der Waals surface area contributed by atoms with E-state index in [1.807, 2.05) is 41.1 Å². The second kappa shape index (κ2) is 5.05. The molecule has 0 spiro atoms. The van der Waals surface area contributed by atoms with Crippen LogP contribution < -0.4 is 11.1 Å². The highest BCUT2D eigenvalue weighted by Crippen LogP contribution is 2.11. The van der Waals surface area contributed by atoms with Gasteiger partial charge in [-0.3, -0.25) is 4.79 Å². The molecule has 3 aromatic rings. The molecule has 0 bridgehead atoms. The Bertz CT molecular complexity index is 746. The van der Waals surface area contributed by atoms with E-state index in [0.29, 0.717) is 12.1 Å². The molecule has 20 heavy (non-hydrogen) atoms. The van der Waals surface area contributed by atoms with E-state index in [1.165, 1.54) is 0 Å². The minimum atomic E-state index is -0.0609. The van der Waals surface area contributed by atoms with Gasteiger partial charge in [-0.2, -0.15) is 0 Å². The fraction of sp³-hybridized carbons (Fsp3) is 0.0667. The summed E-state index contributed by atoms with van der Waals surface area (Å²) in [6.07, 6.45) is 5.71. The summed E-state index contributed by atoms with van der Waals surface area (Å²) in [7, 11) is 0. The molecule has 3 rings (SSSR count). The van der Waals surface area contributed by atoms with Crippen molar-refractivity contribution in [1.82, 2.24) is 9.38 Å². The summed E-state index contributed by atoms with van der Waals surface area (Å²) in [5.74, 6) is -0.0609. The molecule has 2 heterocycles. The standard InChI is InChI=1S/C15H14N4O/c16-12-3-1-11(2-4-12)9-15(20)18-13-5-6-14-17-7-8-19(14)10-13/h1-8,10H,9,16H2,(H,18,20). The molecule has 0 aliphatic rings. The molecule has 3 N–H and O–H groups in total. The number of aromatic nitrogens is 2. The number of hydrogen-bond acceptors (Lipinski definition) is 3. The Kier molecular flexibility index (Phi) is 3.09. The number of imidazole rings is 1. The number of nitrogens with zero attached hydrogens (tertiary/aromatic N) is 2. The van der Waals surface area contributed by atoms with Crippen molar-refractivity contribution < 1.29 is 4.79 Å². The van der Waals surface area contributed by atoms with Gasteiger partial charge in [0.05, 0.1) is 12.1 Å². The molecule has 0 saturated heterocycles. The van der Waals surface area contributed by atoms with Crippen LogP contribution >= 0.6 is 0 Å². The van der Waals surface area contributed by atoms with Gasteiger partial charge in [-0.1, -0.05) is 12.1 Å². The summed E-state index contributed by atoms with van der Waals surface area (Å²) >= 11 is 0. The van der Waals surface area contributed by atoms with E-state index in [4.69, 9.17) is 5.73 Å². The monoisotopic (exact) mass is 266 g/mol. The highest BCUT2D eigenvalue weighted by molar-refractivity contribution is 5.92. The van der Waals surface area contributed by atoms with Gasteiger partial charge in [0, 0.05) is 24.3 Å². The maximum atomic E-state index is 12.0. The van der Waals surface area contributed by atoms with Crippen LogP contribution in [0, 0.1) is 0 Å². The third-order valence-corrected chi connectivity index (χ3v) is 3.02. The van der Waals surface area contributed by atoms with Crippen LogP contribution in [0.1, 0.15) is 5.56 Å². The Morgan fingerprint density at radius 2 is 2.00 bits per heavy atom. The predicted molar refractivity (Wildman–Crippen MR) is 78.4 cm³/mol. The maximum absolute atomic E-state index is 12.0. The van der Waals surface area contributed by atoms with E-state index in [2.05, 4.69) is 10.3 Å². The van der Waals surface area contributed by atoms with Crippen molar-refractivity contribution in [2.45, 2.75) is 6.42 Å². The molecule has 5 nitrogen and oxygen atoms in total. The molecule has 0 aliphatic carbocycles. The van der Waals surface area contributed by atoms with E-state index in [0.717, 1.165) is 16.9 Å². The van der Waals surface area contributed by atoms with Crippen LogP contribution in [-0.2, 0) is 11.2 Å². The average molecular weight is 266 g/mol. The first kappa shape index (κ1) is 12.2. The SMILES string of the molecule is Nc1ccc(CC(=O)Nc2ccc3nccn3c2)cc1. The number of rotatable bonds is 3. The van der Waals surface area contributed by atoms with Crippen molar-refractivity contribution in [3.05, 3.63) is 60.6 Å². The Balaban J connectivity index is 1.70. The first-order valence-corrected chi connectivity index (χ1v) is 6.28. The predicted octanol–water partition coefficient (Wildman–Crippen LogP) is 2.10. The second-order valence-corrected chi connectivity index (χ2v) is 4.58. The van der Waals surface area contributed by atoms with Crippen LogP contribution in [-0.4, -0.2) is 15.3 Å². The Morgan fingerprint density at radius 1 is 1.20 bits per heavy atom. The zero-order chi connectivity index (χ0) is 13.9. The lowest BCUT2D eigenvalue weighted by Crippen LogP contribution is -2.14. The molecule has 2 aromatic heterocycles. The molecular weight excluding hydrogens is 252 g/mol. The lowest BCUT2D eigenvalue weighted by atomic mass is 10.1. The number of carbonyl (C=O) groups excluding carboxylic acids is 1. The summed E-state index contributed by atoms with van der Waals surface area (Å²) in [5, 5.41) is 2.87. The number of nitrogen functional groups attached to an aromatic ring is 1. The zero-order valence-corrected chi connectivity index (χ0v) is 10.8. The fourth-order valence-electron chi connectivity index (χ4n) is 2.02. The van der Waals surface area contributed by atoms with Gasteiger partial charge in [0.1, 0.15) is 5.65 Å². The Hall–Kier alpha value is -2.82. The van der Waals surface area contributed by atoms with Crippen LogP contribution in [0.25, 0.3) is 5.65 Å². The van der Waals surface area contributed by atoms with E-state index < -0.39 is 0 Å². The van der Waals surface area contributed by atoms with Crippen LogP contribution in [0.5, 0.6) is 0 Å². The normalized spacial score (nSPS) is 10.6. The van der Waals surface area contributed by atoms with Gasteiger partial charge in [-0.05, 0) is 29.8 Å². The van der Waals surface area contributed by atoms with Gasteiger partial charge in [-0.25, -0.2) is 4.98 Å². The fourth-order valence-corrected chi connectivity index (χ4v) is 2.02. The smallest absolute Gasteiger partial charge is 0.228 e. The number of pyridine rings is 1. The summed E-state index contributed by atoms with van der Waals surface area (Å²) in [6.45, 7) is 0. The molecule has 0 atom stereocenters. The zero-order valence-electron chi connectivity index (χ0n) is 10.8. The van der Waals surface area contributed by atoms with Crippen LogP contribution in [0.2, 0.25) is 0 Å². The number of hydrogen-bond donors (Lipinski definition) is 2. The number of nitrogens with one attached hydrogen (secondary N) is 1. The third kappa shape index (κ3) is 2.61. The number of benzene rings is 1. The third-order valence-electron chi connectivity index (χ3n) is 3.02. The van der Waals surface area contributed by atoms with Gasteiger partial charge in [0.15, 0.2) is 0 Å². The number of anilines is 2. The lowest BCUT2D eigenvalue weighted by Gasteiger charge is -2.06. The molecule has 1 amide bonds. The molecule has 0 unspecified atom stereocenters. The van der Waals surface area contributed by atoms with Crippen molar-refractivity contribution in [3.8, 4) is 0 Å². The van der Waals surface area contributed by atoms with Gasteiger partial charge < -0.3 is 15.5 Å². The first-order valence-electron chi connectivity index (χ1n) is 6.28. The Labute approximate surface area is 116 Å². The quantitative estimate of drug-likeness (QED) is 0.713. The molecule has 100 valence electrons. The highest BCUT2D eigenvalue weighted by atomic mass is 16.1. The van der Waals surface area contributed by atoms with Crippen LogP contribution in [0.15, 0.2) is 55.0 Å². The second-order valence-electron chi connectivity index (χ2n) is 4.58. The minimum Gasteiger partial charge on any atom is -0.399 e. The minimum absolute atomic E-state index is 0.0609. The largest absolute Gasteiger partial charge is 0.399 e. The molecule has 0 aliphatic heterocycles. The Morgan fingerprint density at radius 3 is 2.80 bits per heavy atom. The molecule has 0 fully saturated rings. The molecule has 0 saturated carbocycles. The number of fused-ring (bicyclic) bond motifs is 1. The van der Waals surface area contributed by atoms with Crippen LogP contribution in [0.4, 0.5) is 11.4 Å². The van der Waals surface area contributed by atoms with Gasteiger partial charge in [-0.15, -0.1) is 0 Å². The summed E-state index contributed by atoms with van der Waals surface area (Å²) in [6, 6.07) is 11.0. The summed E-state index contributed by atoms with van der Waals surface area (Å²) in [4.78, 5) is 16.1. The molecular formula is C15H14N4O. The van der Waals surface area contributed by atoms with Crippen molar-refractivity contribution >= 4 is 22.9 Å². The van der Waals surface area contributed by atoms with Gasteiger partial charge in [0.2, 0.25) is 5.91 Å². The van der Waals surface area contributed by atoms with Gasteiger partial charge >= 0.3 is 0 Å². The number of amides is 1. The number of nitrogens with two attached hydrogens (primary N) is 1. The van der Waals surface area contributed by atoms with Crippen molar-refractivity contribution in [3.63, 3.8) is 0 Å². The summed E-state index contributed by atoms with van der Waals surface area (Å²) < 4.78 is 1.86. The molecule has 0 radical (unpaired) electrons. The topological polar surface area (TPSA) is 72.4 Å². The highest BCUT2D eigenvalue weighted by Gasteiger charge is 2.05. The van der Waals surface area contributed by atoms with Crippen LogP contribution in [0.3, 0.4) is 0 Å². The average Bonchev–Trinajstić information content (AvgIpc) is 2.89. The first-order chi connectivity index (χ1) is 9.70. The summed E-state index contributed by atoms with van der Waals surface area (Å²) in [5.41, 5.74) is 8.83. The molecule has 5 heteroatoms. The van der Waals surface area contributed by atoms with E-state index >= 15 is 0 Å².